The number of hydrogen-bond donors (Lipinski definition) is 3. The van der Waals surface area contributed by atoms with Crippen LogP contribution in [0.4, 0.5) is 10.5 Å². The van der Waals surface area contributed by atoms with Gasteiger partial charge in [0.05, 0.1) is 5.56 Å². The number of amides is 2. The summed E-state index contributed by atoms with van der Waals surface area (Å²) in [5, 5.41) is 14.5. The van der Waals surface area contributed by atoms with Crippen LogP contribution in [-0.4, -0.2) is 23.7 Å². The van der Waals surface area contributed by atoms with E-state index >= 15 is 0 Å². The number of anilines is 1. The zero-order valence-corrected chi connectivity index (χ0v) is 11.6. The van der Waals surface area contributed by atoms with Crippen LogP contribution >= 0.6 is 0 Å². The summed E-state index contributed by atoms with van der Waals surface area (Å²) in [7, 11) is 0. The molecule has 108 valence electrons. The third-order valence-corrected chi connectivity index (χ3v) is 3.78. The summed E-state index contributed by atoms with van der Waals surface area (Å²) in [6.45, 7) is 2.39. The molecule has 1 aromatic carbocycles. The van der Waals surface area contributed by atoms with Crippen molar-refractivity contribution in [3.63, 3.8) is 0 Å². The highest BCUT2D eigenvalue weighted by atomic mass is 16.4. The number of carbonyl (C=O) groups excluding carboxylic acids is 1. The fraction of sp³-hybridized carbons (Fsp3) is 0.467. The molecule has 1 fully saturated rings. The normalized spacial score (nSPS) is 14.4. The first-order valence-electron chi connectivity index (χ1n) is 6.95. The van der Waals surface area contributed by atoms with Crippen LogP contribution in [0.1, 0.15) is 41.6 Å². The van der Waals surface area contributed by atoms with Crippen LogP contribution in [-0.2, 0) is 0 Å². The van der Waals surface area contributed by atoms with Crippen molar-refractivity contribution in [2.45, 2.75) is 32.6 Å². The van der Waals surface area contributed by atoms with Crippen molar-refractivity contribution in [2.24, 2.45) is 5.92 Å². The van der Waals surface area contributed by atoms with E-state index in [9.17, 15) is 9.59 Å². The molecule has 0 spiro atoms. The Hall–Kier alpha value is -2.04. The molecule has 20 heavy (non-hydrogen) atoms. The maximum Gasteiger partial charge on any atom is 0.335 e. The second kappa shape index (κ2) is 6.41. The standard InChI is InChI=1S/C15H20N2O3/c1-10-9-12(5-6-13(10)14(18)19)17-15(20)16-8-7-11-3-2-4-11/h5-6,9,11H,2-4,7-8H2,1H3,(H,18,19)(H2,16,17,20). The molecule has 0 saturated heterocycles. The number of urea groups is 1. The molecule has 0 heterocycles. The molecule has 0 radical (unpaired) electrons. The highest BCUT2D eigenvalue weighted by molar-refractivity contribution is 5.92. The van der Waals surface area contributed by atoms with Crippen LogP contribution in [0, 0.1) is 12.8 Å². The zero-order valence-electron chi connectivity index (χ0n) is 11.6. The first-order chi connectivity index (χ1) is 9.56. The first-order valence-corrected chi connectivity index (χ1v) is 6.95. The second-order valence-electron chi connectivity index (χ2n) is 5.30. The molecule has 0 atom stereocenters. The molecule has 0 unspecified atom stereocenters. The average molecular weight is 276 g/mol. The molecule has 3 N–H and O–H groups in total. The van der Waals surface area contributed by atoms with Gasteiger partial charge in [-0.25, -0.2) is 9.59 Å². The van der Waals surface area contributed by atoms with Gasteiger partial charge in [-0.2, -0.15) is 0 Å². The monoisotopic (exact) mass is 276 g/mol. The number of carboxylic acids is 1. The Balaban J connectivity index is 1.81. The number of nitrogens with one attached hydrogen (secondary N) is 2. The van der Waals surface area contributed by atoms with E-state index in [4.69, 9.17) is 5.11 Å². The number of aromatic carboxylic acids is 1. The van der Waals surface area contributed by atoms with Crippen LogP contribution < -0.4 is 10.6 Å². The molecule has 1 aliphatic carbocycles. The Bertz CT molecular complexity index is 510. The highest BCUT2D eigenvalue weighted by Gasteiger charge is 2.16. The Morgan fingerprint density at radius 3 is 2.65 bits per heavy atom. The van der Waals surface area contributed by atoms with Crippen molar-refractivity contribution in [1.29, 1.82) is 0 Å². The second-order valence-corrected chi connectivity index (χ2v) is 5.30. The first kappa shape index (κ1) is 14.4. The molecule has 0 bridgehead atoms. The van der Waals surface area contributed by atoms with E-state index in [-0.39, 0.29) is 11.6 Å². The van der Waals surface area contributed by atoms with Crippen molar-refractivity contribution >= 4 is 17.7 Å². The minimum absolute atomic E-state index is 0.244. The van der Waals surface area contributed by atoms with Crippen LogP contribution in [0.2, 0.25) is 0 Å². The zero-order chi connectivity index (χ0) is 14.5. The Morgan fingerprint density at radius 1 is 1.35 bits per heavy atom. The molecule has 0 aliphatic heterocycles. The van der Waals surface area contributed by atoms with E-state index in [0.29, 0.717) is 17.8 Å². The summed E-state index contributed by atoms with van der Waals surface area (Å²) < 4.78 is 0. The van der Waals surface area contributed by atoms with Gasteiger partial charge < -0.3 is 15.7 Å². The summed E-state index contributed by atoms with van der Waals surface area (Å²) >= 11 is 0. The third kappa shape index (κ3) is 3.73. The largest absolute Gasteiger partial charge is 0.478 e. The van der Waals surface area contributed by atoms with E-state index < -0.39 is 5.97 Å². The SMILES string of the molecule is Cc1cc(NC(=O)NCCC2CCC2)ccc1C(=O)O. The maximum atomic E-state index is 11.7. The van der Waals surface area contributed by atoms with Crippen molar-refractivity contribution < 1.29 is 14.7 Å². The van der Waals surface area contributed by atoms with E-state index in [1.807, 2.05) is 0 Å². The number of rotatable bonds is 5. The summed E-state index contributed by atoms with van der Waals surface area (Å²) in [6.07, 6.45) is 4.90. The fourth-order valence-corrected chi connectivity index (χ4v) is 2.33. The number of hydrogen-bond acceptors (Lipinski definition) is 2. The molecule has 5 nitrogen and oxygen atoms in total. The Labute approximate surface area is 118 Å². The molecule has 1 saturated carbocycles. The van der Waals surface area contributed by atoms with Crippen LogP contribution in [0.15, 0.2) is 18.2 Å². The number of aryl methyl sites for hydroxylation is 1. The summed E-state index contributed by atoms with van der Waals surface area (Å²) in [6, 6.07) is 4.52. The lowest BCUT2D eigenvalue weighted by Gasteiger charge is -2.25. The lowest BCUT2D eigenvalue weighted by atomic mass is 9.83. The maximum absolute atomic E-state index is 11.7. The van der Waals surface area contributed by atoms with Gasteiger partial charge in [0, 0.05) is 12.2 Å². The lowest BCUT2D eigenvalue weighted by molar-refractivity contribution is 0.0696. The molecule has 1 aromatic rings. The molecule has 5 heteroatoms. The van der Waals surface area contributed by atoms with Gasteiger partial charge in [0.2, 0.25) is 0 Å². The van der Waals surface area contributed by atoms with Gasteiger partial charge in [0.15, 0.2) is 0 Å². The van der Waals surface area contributed by atoms with E-state index in [2.05, 4.69) is 10.6 Å². The number of benzene rings is 1. The van der Waals surface area contributed by atoms with Crippen LogP contribution in [0.5, 0.6) is 0 Å². The quantitative estimate of drug-likeness (QED) is 0.773. The minimum Gasteiger partial charge on any atom is -0.478 e. The van der Waals surface area contributed by atoms with Gasteiger partial charge in [0.25, 0.3) is 0 Å². The highest BCUT2D eigenvalue weighted by Crippen LogP contribution is 2.28. The number of carbonyl (C=O) groups is 2. The molecular weight excluding hydrogens is 256 g/mol. The predicted octanol–water partition coefficient (Wildman–Crippen LogP) is 3.00. The van der Waals surface area contributed by atoms with Gasteiger partial charge in [-0.15, -0.1) is 0 Å². The van der Waals surface area contributed by atoms with Gasteiger partial charge in [0.1, 0.15) is 0 Å². The van der Waals surface area contributed by atoms with Crippen LogP contribution in [0.3, 0.4) is 0 Å². The molecular formula is C15H20N2O3. The lowest BCUT2D eigenvalue weighted by Crippen LogP contribution is -2.31. The van der Waals surface area contributed by atoms with Gasteiger partial charge in [-0.3, -0.25) is 0 Å². The summed E-state index contributed by atoms with van der Waals surface area (Å²) in [5.74, 6) is -0.189. The smallest absolute Gasteiger partial charge is 0.335 e. The van der Waals surface area contributed by atoms with Crippen molar-refractivity contribution in [1.82, 2.24) is 5.32 Å². The summed E-state index contributed by atoms with van der Waals surface area (Å²) in [4.78, 5) is 22.6. The molecule has 2 amide bonds. The summed E-state index contributed by atoms with van der Waals surface area (Å²) in [5.41, 5.74) is 1.49. The van der Waals surface area contributed by atoms with Crippen molar-refractivity contribution in [3.8, 4) is 0 Å². The van der Waals surface area contributed by atoms with E-state index in [0.717, 1.165) is 12.3 Å². The van der Waals surface area contributed by atoms with Gasteiger partial charge >= 0.3 is 12.0 Å². The number of carboxylic acid groups (broad SMARTS) is 1. The molecule has 2 rings (SSSR count). The topological polar surface area (TPSA) is 78.4 Å². The molecule has 0 aromatic heterocycles. The van der Waals surface area contributed by atoms with Crippen molar-refractivity contribution in [2.75, 3.05) is 11.9 Å². The Kier molecular flexibility index (Phi) is 4.61. The Morgan fingerprint density at radius 2 is 2.10 bits per heavy atom. The average Bonchev–Trinajstić information content (AvgIpc) is 2.32. The minimum atomic E-state index is -0.959. The fourth-order valence-electron chi connectivity index (χ4n) is 2.33. The van der Waals surface area contributed by atoms with E-state index in [1.54, 1.807) is 19.1 Å². The van der Waals surface area contributed by atoms with Crippen molar-refractivity contribution in [3.05, 3.63) is 29.3 Å². The van der Waals surface area contributed by atoms with E-state index in [1.165, 1.54) is 25.3 Å². The molecule has 1 aliphatic rings. The van der Waals surface area contributed by atoms with Gasteiger partial charge in [-0.1, -0.05) is 19.3 Å². The van der Waals surface area contributed by atoms with Crippen LogP contribution in [0.25, 0.3) is 0 Å². The third-order valence-electron chi connectivity index (χ3n) is 3.78. The van der Waals surface area contributed by atoms with Gasteiger partial charge in [-0.05, 0) is 43.0 Å². The predicted molar refractivity (Wildman–Crippen MR) is 77.1 cm³/mol.